The van der Waals surface area contributed by atoms with E-state index in [0.29, 0.717) is 43.6 Å². The summed E-state index contributed by atoms with van der Waals surface area (Å²) >= 11 is 0. The first-order valence-electron chi connectivity index (χ1n) is 8.54. The van der Waals surface area contributed by atoms with Crippen LogP contribution in [0.5, 0.6) is 0 Å². The van der Waals surface area contributed by atoms with Crippen LogP contribution >= 0.6 is 0 Å². The summed E-state index contributed by atoms with van der Waals surface area (Å²) in [4.78, 5) is 51.7. The van der Waals surface area contributed by atoms with Crippen molar-refractivity contribution in [3.8, 4) is 0 Å². The number of benzene rings is 1. The molecule has 136 valence electrons. The molecule has 0 radical (unpaired) electrons. The molecule has 3 amide bonds. The number of nitrogens with zero attached hydrogens (tertiary/aromatic N) is 2. The van der Waals surface area contributed by atoms with Crippen molar-refractivity contribution in [1.29, 1.82) is 0 Å². The van der Waals surface area contributed by atoms with E-state index in [1.807, 2.05) is 4.90 Å². The Morgan fingerprint density at radius 1 is 1.23 bits per heavy atom. The van der Waals surface area contributed by atoms with E-state index >= 15 is 0 Å². The Morgan fingerprint density at radius 2 is 1.81 bits per heavy atom. The molecule has 26 heavy (non-hydrogen) atoms. The molecule has 2 heterocycles. The number of likely N-dealkylation sites (N-methyl/N-ethyl adjacent to an activating group) is 1. The second-order valence-corrected chi connectivity index (χ2v) is 6.48. The smallest absolute Gasteiger partial charge is 0.262 e. The molecule has 0 aliphatic carbocycles. The van der Waals surface area contributed by atoms with Crippen molar-refractivity contribution in [2.75, 3.05) is 13.6 Å². The molecule has 1 aromatic rings. The highest BCUT2D eigenvalue weighted by Crippen LogP contribution is 2.32. The van der Waals surface area contributed by atoms with Crippen molar-refractivity contribution in [2.24, 2.45) is 0 Å². The lowest BCUT2D eigenvalue weighted by atomic mass is 10.0. The zero-order valence-electron chi connectivity index (χ0n) is 14.7. The Balaban J connectivity index is 1.92. The van der Waals surface area contributed by atoms with Crippen LogP contribution in [0.2, 0.25) is 0 Å². The van der Waals surface area contributed by atoms with Gasteiger partial charge in [-0.2, -0.15) is 0 Å². The molecule has 0 bridgehead atoms. The van der Waals surface area contributed by atoms with E-state index < -0.39 is 17.9 Å². The first-order chi connectivity index (χ1) is 12.5. The third kappa shape index (κ3) is 2.94. The normalized spacial score (nSPS) is 17.0. The maximum absolute atomic E-state index is 12.9. The van der Waals surface area contributed by atoms with Gasteiger partial charge in [-0.15, -0.1) is 6.58 Å². The minimum atomic E-state index is -0.855. The van der Waals surface area contributed by atoms with Crippen molar-refractivity contribution in [3.05, 3.63) is 47.0 Å². The third-order valence-corrected chi connectivity index (χ3v) is 4.86. The molecule has 0 spiro atoms. The van der Waals surface area contributed by atoms with Crippen molar-refractivity contribution in [1.82, 2.24) is 15.1 Å². The van der Waals surface area contributed by atoms with Gasteiger partial charge in [0.05, 0.1) is 17.7 Å². The molecule has 1 N–H and O–H groups in total. The molecular formula is C19H21N3O4. The topological polar surface area (TPSA) is 86.8 Å². The zero-order valence-corrected chi connectivity index (χ0v) is 14.7. The van der Waals surface area contributed by atoms with Gasteiger partial charge in [0.15, 0.2) is 0 Å². The average Bonchev–Trinajstić information content (AvgIpc) is 3.13. The van der Waals surface area contributed by atoms with Crippen LogP contribution in [-0.4, -0.2) is 53.4 Å². The lowest BCUT2D eigenvalue weighted by Crippen LogP contribution is -2.48. The van der Waals surface area contributed by atoms with Crippen LogP contribution in [-0.2, 0) is 22.7 Å². The first-order valence-corrected chi connectivity index (χ1v) is 8.54. The van der Waals surface area contributed by atoms with Gasteiger partial charge in [-0.1, -0.05) is 6.08 Å². The number of aldehydes is 1. The van der Waals surface area contributed by atoms with E-state index in [1.54, 1.807) is 18.2 Å². The van der Waals surface area contributed by atoms with Crippen LogP contribution in [0.1, 0.15) is 44.7 Å². The lowest BCUT2D eigenvalue weighted by Gasteiger charge is -2.24. The Bertz CT molecular complexity index is 757. The van der Waals surface area contributed by atoms with E-state index in [4.69, 9.17) is 0 Å². The molecule has 3 rings (SSSR count). The van der Waals surface area contributed by atoms with Crippen molar-refractivity contribution < 1.29 is 19.2 Å². The van der Waals surface area contributed by atoms with Crippen LogP contribution in [0, 0.1) is 0 Å². The molecular weight excluding hydrogens is 334 g/mol. The first kappa shape index (κ1) is 18.0. The number of hydrogen-bond acceptors (Lipinski definition) is 5. The number of fused-ring (bicyclic) bond motifs is 2. The van der Waals surface area contributed by atoms with Gasteiger partial charge in [-0.25, -0.2) is 0 Å². The Kier molecular flexibility index (Phi) is 4.99. The Labute approximate surface area is 151 Å². The van der Waals surface area contributed by atoms with Gasteiger partial charge in [0.2, 0.25) is 5.91 Å². The number of nitrogens with one attached hydrogen (secondary N) is 1. The average molecular weight is 355 g/mol. The van der Waals surface area contributed by atoms with Crippen molar-refractivity contribution in [2.45, 2.75) is 32.0 Å². The van der Waals surface area contributed by atoms with Gasteiger partial charge in [0.1, 0.15) is 12.3 Å². The number of rotatable bonds is 7. The second-order valence-electron chi connectivity index (χ2n) is 6.48. The van der Waals surface area contributed by atoms with E-state index in [0.717, 1.165) is 22.3 Å². The number of hydrogen-bond donors (Lipinski definition) is 1. The fourth-order valence-corrected chi connectivity index (χ4v) is 3.56. The predicted octanol–water partition coefficient (Wildman–Crippen LogP) is 0.878. The number of allylic oxidation sites excluding steroid dienone is 1. The summed E-state index contributed by atoms with van der Waals surface area (Å²) in [6, 6.07) is 2.60. The maximum atomic E-state index is 12.9. The van der Waals surface area contributed by atoms with E-state index in [9.17, 15) is 19.2 Å². The van der Waals surface area contributed by atoms with Crippen LogP contribution in [0.25, 0.3) is 0 Å². The van der Waals surface area contributed by atoms with Gasteiger partial charge in [-0.3, -0.25) is 24.2 Å². The van der Waals surface area contributed by atoms with Gasteiger partial charge in [0.25, 0.3) is 11.8 Å². The van der Waals surface area contributed by atoms with E-state index in [-0.39, 0.29) is 5.91 Å². The van der Waals surface area contributed by atoms with Crippen LogP contribution < -0.4 is 5.32 Å². The van der Waals surface area contributed by atoms with Crippen molar-refractivity contribution in [3.63, 3.8) is 0 Å². The summed E-state index contributed by atoms with van der Waals surface area (Å²) < 4.78 is 0. The van der Waals surface area contributed by atoms with Crippen molar-refractivity contribution >= 4 is 24.0 Å². The molecule has 1 aromatic carbocycles. The molecule has 2 aliphatic rings. The third-order valence-electron chi connectivity index (χ3n) is 4.86. The highest BCUT2D eigenvalue weighted by molar-refractivity contribution is 6.23. The maximum Gasteiger partial charge on any atom is 0.262 e. The fraction of sp³-hybridized carbons (Fsp3) is 0.368. The van der Waals surface area contributed by atoms with Gasteiger partial charge in [0, 0.05) is 20.1 Å². The molecule has 0 saturated carbocycles. The monoisotopic (exact) mass is 355 g/mol. The molecule has 0 aromatic heterocycles. The summed E-state index contributed by atoms with van der Waals surface area (Å²) in [5, 5.41) is 2.52. The summed E-state index contributed by atoms with van der Waals surface area (Å²) in [5.74, 6) is -1.26. The summed E-state index contributed by atoms with van der Waals surface area (Å²) in [7, 11) is 1.48. The molecule has 1 unspecified atom stereocenters. The molecule has 0 fully saturated rings. The Hall–Kier alpha value is -2.80. The summed E-state index contributed by atoms with van der Waals surface area (Å²) in [6.45, 7) is 5.08. The number of carbonyl (C=O) groups is 4. The van der Waals surface area contributed by atoms with Gasteiger partial charge >= 0.3 is 0 Å². The van der Waals surface area contributed by atoms with Gasteiger partial charge in [-0.05, 0) is 36.1 Å². The Morgan fingerprint density at radius 3 is 2.27 bits per heavy atom. The van der Waals surface area contributed by atoms with Crippen LogP contribution in [0.3, 0.4) is 0 Å². The van der Waals surface area contributed by atoms with Crippen LogP contribution in [0.4, 0.5) is 0 Å². The number of amides is 3. The number of carbonyl (C=O) groups excluding carboxylic acids is 4. The zero-order chi connectivity index (χ0) is 18.8. The predicted molar refractivity (Wildman–Crippen MR) is 94.4 cm³/mol. The largest absolute Gasteiger partial charge is 0.357 e. The molecule has 1 atom stereocenters. The minimum Gasteiger partial charge on any atom is -0.357 e. The molecule has 7 heteroatoms. The highest BCUT2D eigenvalue weighted by atomic mass is 16.2. The number of imide groups is 1. The SMILES string of the molecule is C=CCCC(C(=O)NC)N1C(=O)c2cc3c(cc2C1=O)CN(CC=O)C3. The standard InChI is InChI=1S/C19H21N3O4/c1-3-4-5-16(17(24)20-2)22-18(25)14-8-12-10-21(6-7-23)11-13(12)9-15(14)19(22)26/h3,7-9,16H,1,4-6,10-11H2,2H3,(H,20,24). The van der Waals surface area contributed by atoms with E-state index in [2.05, 4.69) is 11.9 Å². The minimum absolute atomic E-state index is 0.313. The fourth-order valence-electron chi connectivity index (χ4n) is 3.56. The van der Waals surface area contributed by atoms with Gasteiger partial charge < -0.3 is 10.1 Å². The van der Waals surface area contributed by atoms with Crippen LogP contribution in [0.15, 0.2) is 24.8 Å². The lowest BCUT2D eigenvalue weighted by molar-refractivity contribution is -0.124. The van der Waals surface area contributed by atoms with E-state index in [1.165, 1.54) is 7.05 Å². The summed E-state index contributed by atoms with van der Waals surface area (Å²) in [5.41, 5.74) is 2.54. The summed E-state index contributed by atoms with van der Waals surface area (Å²) in [6.07, 6.45) is 3.35. The quantitative estimate of drug-likeness (QED) is 0.446. The molecule has 0 saturated heterocycles. The molecule has 7 nitrogen and oxygen atoms in total. The highest BCUT2D eigenvalue weighted by Gasteiger charge is 2.43. The molecule has 2 aliphatic heterocycles. The second kappa shape index (κ2) is 7.21.